The van der Waals surface area contributed by atoms with E-state index in [4.69, 9.17) is 0 Å². The molecule has 1 N–H and O–H groups in total. The SMILES string of the molecule is CS(=O)(=O)CCCNC1CCCCC1c1ccccc1. The molecule has 0 spiro atoms. The molecule has 0 bridgehead atoms. The lowest BCUT2D eigenvalue weighted by molar-refractivity contribution is 0.328. The largest absolute Gasteiger partial charge is 0.313 e. The second-order valence-corrected chi connectivity index (χ2v) is 8.11. The average molecular weight is 295 g/mol. The molecule has 0 aromatic heterocycles. The van der Waals surface area contributed by atoms with Crippen LogP contribution in [0.2, 0.25) is 0 Å². The number of nitrogens with one attached hydrogen (secondary N) is 1. The van der Waals surface area contributed by atoms with Gasteiger partial charge >= 0.3 is 0 Å². The Morgan fingerprint density at radius 2 is 1.85 bits per heavy atom. The summed E-state index contributed by atoms with van der Waals surface area (Å²) >= 11 is 0. The Bertz CT molecular complexity index is 498. The van der Waals surface area contributed by atoms with Crippen molar-refractivity contribution in [2.75, 3.05) is 18.6 Å². The van der Waals surface area contributed by atoms with Gasteiger partial charge < -0.3 is 5.32 Å². The monoisotopic (exact) mass is 295 g/mol. The molecule has 0 amide bonds. The predicted octanol–water partition coefficient (Wildman–Crippen LogP) is 2.74. The van der Waals surface area contributed by atoms with Gasteiger partial charge in [-0.15, -0.1) is 0 Å². The van der Waals surface area contributed by atoms with E-state index >= 15 is 0 Å². The maximum absolute atomic E-state index is 11.1. The molecule has 2 atom stereocenters. The molecule has 0 aliphatic heterocycles. The zero-order valence-electron chi connectivity index (χ0n) is 12.2. The van der Waals surface area contributed by atoms with E-state index in [1.807, 2.05) is 0 Å². The third-order valence-electron chi connectivity index (χ3n) is 4.09. The lowest BCUT2D eigenvalue weighted by Gasteiger charge is -2.32. The first-order valence-corrected chi connectivity index (χ1v) is 9.58. The van der Waals surface area contributed by atoms with Gasteiger partial charge in [0, 0.05) is 12.3 Å². The number of rotatable bonds is 6. The highest BCUT2D eigenvalue weighted by molar-refractivity contribution is 7.90. The second-order valence-electron chi connectivity index (χ2n) is 5.85. The molecule has 1 aliphatic rings. The van der Waals surface area contributed by atoms with Crippen LogP contribution in [0.25, 0.3) is 0 Å². The van der Waals surface area contributed by atoms with E-state index in [-0.39, 0.29) is 5.75 Å². The van der Waals surface area contributed by atoms with E-state index in [9.17, 15) is 8.42 Å². The van der Waals surface area contributed by atoms with Gasteiger partial charge in [0.25, 0.3) is 0 Å². The highest BCUT2D eigenvalue weighted by atomic mass is 32.2. The predicted molar refractivity (Wildman–Crippen MR) is 83.8 cm³/mol. The third-order valence-corrected chi connectivity index (χ3v) is 5.12. The molecular weight excluding hydrogens is 270 g/mol. The van der Waals surface area contributed by atoms with Gasteiger partial charge in [0.2, 0.25) is 0 Å². The molecule has 2 rings (SSSR count). The van der Waals surface area contributed by atoms with Crippen LogP contribution in [0.15, 0.2) is 30.3 Å². The van der Waals surface area contributed by atoms with Gasteiger partial charge in [-0.1, -0.05) is 43.2 Å². The second kappa shape index (κ2) is 7.23. The normalized spacial score (nSPS) is 23.6. The molecule has 1 fully saturated rings. The van der Waals surface area contributed by atoms with Crippen LogP contribution in [0, 0.1) is 0 Å². The molecule has 112 valence electrons. The first-order valence-electron chi connectivity index (χ1n) is 7.52. The Hall–Kier alpha value is -0.870. The standard InChI is InChI=1S/C16H25NO2S/c1-20(18,19)13-7-12-17-16-11-6-5-10-15(16)14-8-3-2-4-9-14/h2-4,8-9,15-17H,5-7,10-13H2,1H3. The maximum Gasteiger partial charge on any atom is 0.147 e. The first-order chi connectivity index (χ1) is 9.56. The summed E-state index contributed by atoms with van der Waals surface area (Å²) in [6.07, 6.45) is 7.00. The Balaban J connectivity index is 1.88. The van der Waals surface area contributed by atoms with E-state index in [2.05, 4.69) is 35.6 Å². The lowest BCUT2D eigenvalue weighted by atomic mass is 9.80. The van der Waals surface area contributed by atoms with E-state index in [1.165, 1.54) is 37.5 Å². The van der Waals surface area contributed by atoms with Crippen LogP contribution in [0.1, 0.15) is 43.6 Å². The van der Waals surface area contributed by atoms with Crippen molar-refractivity contribution in [3.8, 4) is 0 Å². The molecule has 0 saturated heterocycles. The van der Waals surface area contributed by atoms with E-state index in [0.717, 1.165) is 6.54 Å². The zero-order chi connectivity index (χ0) is 14.4. The molecule has 20 heavy (non-hydrogen) atoms. The minimum Gasteiger partial charge on any atom is -0.313 e. The molecule has 4 heteroatoms. The van der Waals surface area contributed by atoms with E-state index in [0.29, 0.717) is 18.4 Å². The van der Waals surface area contributed by atoms with E-state index < -0.39 is 9.84 Å². The van der Waals surface area contributed by atoms with Gasteiger partial charge in [-0.3, -0.25) is 0 Å². The minimum atomic E-state index is -2.83. The summed E-state index contributed by atoms with van der Waals surface area (Å²) in [6.45, 7) is 0.793. The van der Waals surface area contributed by atoms with Crippen LogP contribution < -0.4 is 5.32 Å². The molecule has 0 heterocycles. The van der Waals surface area contributed by atoms with Crippen LogP contribution in [0.3, 0.4) is 0 Å². The summed E-state index contributed by atoms with van der Waals surface area (Å²) in [7, 11) is -2.83. The van der Waals surface area contributed by atoms with Gasteiger partial charge in [-0.2, -0.15) is 0 Å². The smallest absolute Gasteiger partial charge is 0.147 e. The van der Waals surface area contributed by atoms with Crippen molar-refractivity contribution in [2.24, 2.45) is 0 Å². The molecule has 3 nitrogen and oxygen atoms in total. The Morgan fingerprint density at radius 1 is 1.15 bits per heavy atom. The van der Waals surface area contributed by atoms with Gasteiger partial charge in [-0.05, 0) is 37.3 Å². The molecule has 1 aromatic rings. The van der Waals surface area contributed by atoms with Crippen molar-refractivity contribution >= 4 is 9.84 Å². The number of hydrogen-bond donors (Lipinski definition) is 1. The van der Waals surface area contributed by atoms with Crippen LogP contribution in [0.4, 0.5) is 0 Å². The quantitative estimate of drug-likeness (QED) is 0.821. The van der Waals surface area contributed by atoms with Crippen molar-refractivity contribution in [1.29, 1.82) is 0 Å². The summed E-state index contributed by atoms with van der Waals surface area (Å²) in [5, 5.41) is 3.58. The van der Waals surface area contributed by atoms with Crippen molar-refractivity contribution in [3.63, 3.8) is 0 Å². The summed E-state index contributed by atoms with van der Waals surface area (Å²) < 4.78 is 22.3. The Kier molecular flexibility index (Phi) is 5.61. The summed E-state index contributed by atoms with van der Waals surface area (Å²) in [5.74, 6) is 0.853. The van der Waals surface area contributed by atoms with Gasteiger partial charge in [0.1, 0.15) is 9.84 Å². The fourth-order valence-corrected chi connectivity index (χ4v) is 3.76. The Morgan fingerprint density at radius 3 is 2.55 bits per heavy atom. The van der Waals surface area contributed by atoms with Crippen LogP contribution in [-0.2, 0) is 9.84 Å². The number of benzene rings is 1. The summed E-state index contributed by atoms with van der Waals surface area (Å²) in [5.41, 5.74) is 1.41. The fourth-order valence-electron chi connectivity index (χ4n) is 3.10. The minimum absolute atomic E-state index is 0.280. The third kappa shape index (κ3) is 4.91. The van der Waals surface area contributed by atoms with Gasteiger partial charge in [-0.25, -0.2) is 8.42 Å². The molecule has 0 radical (unpaired) electrons. The van der Waals surface area contributed by atoms with Crippen molar-refractivity contribution in [2.45, 2.75) is 44.1 Å². The fraction of sp³-hybridized carbons (Fsp3) is 0.625. The van der Waals surface area contributed by atoms with Gasteiger partial charge in [0.05, 0.1) is 5.75 Å². The summed E-state index contributed by atoms with van der Waals surface area (Å²) in [4.78, 5) is 0. The number of hydrogen-bond acceptors (Lipinski definition) is 3. The van der Waals surface area contributed by atoms with Gasteiger partial charge in [0.15, 0.2) is 0 Å². The zero-order valence-corrected chi connectivity index (χ0v) is 13.0. The van der Waals surface area contributed by atoms with Crippen LogP contribution >= 0.6 is 0 Å². The summed E-state index contributed by atoms with van der Waals surface area (Å²) in [6, 6.07) is 11.2. The lowest BCUT2D eigenvalue weighted by Crippen LogP contribution is -2.38. The van der Waals surface area contributed by atoms with Crippen LogP contribution in [-0.4, -0.2) is 33.0 Å². The molecule has 2 unspecified atom stereocenters. The highest BCUT2D eigenvalue weighted by Crippen LogP contribution is 2.32. The molecule has 1 aliphatic carbocycles. The van der Waals surface area contributed by atoms with Crippen molar-refractivity contribution < 1.29 is 8.42 Å². The molecular formula is C16H25NO2S. The van der Waals surface area contributed by atoms with Crippen LogP contribution in [0.5, 0.6) is 0 Å². The van der Waals surface area contributed by atoms with Crippen molar-refractivity contribution in [3.05, 3.63) is 35.9 Å². The van der Waals surface area contributed by atoms with Crippen molar-refractivity contribution in [1.82, 2.24) is 5.32 Å². The molecule has 1 aromatic carbocycles. The van der Waals surface area contributed by atoms with E-state index in [1.54, 1.807) is 0 Å². The average Bonchev–Trinajstić information content (AvgIpc) is 2.44. The Labute approximate surface area is 122 Å². The molecule has 1 saturated carbocycles. The topological polar surface area (TPSA) is 46.2 Å². The maximum atomic E-state index is 11.1. The first kappa shape index (κ1) is 15.5. The number of sulfone groups is 1. The highest BCUT2D eigenvalue weighted by Gasteiger charge is 2.25.